The average Bonchev–Trinajstić information content (AvgIpc) is 3.20. The molecule has 0 spiro atoms. The normalized spacial score (nSPS) is 12.1. The van der Waals surface area contributed by atoms with Gasteiger partial charge in [0.15, 0.2) is 0 Å². The fraction of sp³-hybridized carbons (Fsp3) is 0.222. The molecular weight excluding hydrogens is 323 g/mol. The third kappa shape index (κ3) is 19.4. The molecule has 1 nitrogen and oxygen atoms in total. The van der Waals surface area contributed by atoms with Crippen LogP contribution in [0.25, 0.3) is 0 Å². The first-order valence-electron chi connectivity index (χ1n) is 6.37. The van der Waals surface area contributed by atoms with Crippen molar-refractivity contribution in [3.63, 3.8) is 0 Å². The van der Waals surface area contributed by atoms with E-state index in [4.69, 9.17) is 5.11 Å². The maximum atomic E-state index is 7.57. The Balaban J connectivity index is 0. The fourth-order valence-corrected chi connectivity index (χ4v) is 1.02. The fourth-order valence-electron chi connectivity index (χ4n) is 1.02. The quantitative estimate of drug-likeness (QED) is 0.703. The van der Waals surface area contributed by atoms with Crippen LogP contribution in [0, 0.1) is 18.2 Å². The third-order valence-electron chi connectivity index (χ3n) is 1.78. The molecule has 2 heteroatoms. The zero-order valence-corrected chi connectivity index (χ0v) is 14.4. The van der Waals surface area contributed by atoms with Gasteiger partial charge in [-0.3, -0.25) is 12.2 Å². The van der Waals surface area contributed by atoms with Gasteiger partial charge in [0.2, 0.25) is 0 Å². The first kappa shape index (κ1) is 21.3. The van der Waals surface area contributed by atoms with Crippen molar-refractivity contribution in [1.82, 2.24) is 0 Å². The average molecular weight is 345 g/mol. The van der Waals surface area contributed by atoms with Crippen molar-refractivity contribution < 1.29 is 31.3 Å². The summed E-state index contributed by atoms with van der Waals surface area (Å²) in [4.78, 5) is 0. The van der Waals surface area contributed by atoms with Gasteiger partial charge in [0.05, 0.1) is 0 Å². The molecule has 0 amide bonds. The van der Waals surface area contributed by atoms with Crippen LogP contribution in [0.5, 0.6) is 0 Å². The van der Waals surface area contributed by atoms with Crippen LogP contribution >= 0.6 is 0 Å². The summed E-state index contributed by atoms with van der Waals surface area (Å²) in [6, 6.07) is 12.5. The van der Waals surface area contributed by atoms with Gasteiger partial charge in [0.25, 0.3) is 0 Å². The van der Waals surface area contributed by atoms with E-state index >= 15 is 0 Å². The maximum absolute atomic E-state index is 7.57. The van der Waals surface area contributed by atoms with Crippen molar-refractivity contribution in [2.24, 2.45) is 0 Å². The Morgan fingerprint density at radius 2 is 1.35 bits per heavy atom. The van der Waals surface area contributed by atoms with Crippen LogP contribution in [-0.4, -0.2) is 11.7 Å². The van der Waals surface area contributed by atoms with Gasteiger partial charge in [0, 0.05) is 6.61 Å². The molecule has 0 saturated carbocycles. The predicted molar refractivity (Wildman–Crippen MR) is 81.2 cm³/mol. The molecule has 1 radical (unpaired) electrons. The van der Waals surface area contributed by atoms with E-state index < -0.39 is 0 Å². The second kappa shape index (κ2) is 20.3. The summed E-state index contributed by atoms with van der Waals surface area (Å²) in [5.41, 5.74) is 0. The minimum atomic E-state index is 0. The van der Waals surface area contributed by atoms with Crippen molar-refractivity contribution in [1.29, 1.82) is 0 Å². The Kier molecular flexibility index (Phi) is 21.7. The Morgan fingerprint density at radius 1 is 0.900 bits per heavy atom. The second-order valence-corrected chi connectivity index (χ2v) is 3.40. The van der Waals surface area contributed by atoms with Crippen LogP contribution in [0.3, 0.4) is 0 Å². The standard InChI is InChI=1S/C6H5.2C5H5.C2H6O.Zr/c1-2-4-6-5-3-1;2*1-2-4-5-3-1;1-2-3;/h1-5H;2*1-3H,4H2;3H,2H2,1H3;/q3*-1;;+3. The van der Waals surface area contributed by atoms with Crippen molar-refractivity contribution in [3.8, 4) is 0 Å². The number of hydrogen-bond donors (Lipinski definition) is 1. The summed E-state index contributed by atoms with van der Waals surface area (Å²) in [7, 11) is 0. The second-order valence-electron chi connectivity index (χ2n) is 3.40. The molecule has 0 atom stereocenters. The van der Waals surface area contributed by atoms with Crippen LogP contribution < -0.4 is 0 Å². The number of aliphatic hydroxyl groups excluding tert-OH is 1. The molecule has 0 fully saturated rings. The molecule has 1 N–H and O–H groups in total. The summed E-state index contributed by atoms with van der Waals surface area (Å²) >= 11 is 0. The van der Waals surface area contributed by atoms with E-state index in [0.717, 1.165) is 12.8 Å². The molecule has 0 aliphatic heterocycles. The molecule has 0 saturated heterocycles. The van der Waals surface area contributed by atoms with Crippen molar-refractivity contribution in [3.05, 3.63) is 85.0 Å². The molecule has 2 aliphatic carbocycles. The molecule has 2 aliphatic rings. The number of allylic oxidation sites excluding steroid dienone is 8. The number of rotatable bonds is 0. The Bertz CT molecular complexity index is 309. The monoisotopic (exact) mass is 343 g/mol. The van der Waals surface area contributed by atoms with Gasteiger partial charge < -0.3 is 5.11 Å². The van der Waals surface area contributed by atoms with Crippen molar-refractivity contribution >= 4 is 0 Å². The number of hydrogen-bond acceptors (Lipinski definition) is 1. The van der Waals surface area contributed by atoms with E-state index in [0.29, 0.717) is 0 Å². The third-order valence-corrected chi connectivity index (χ3v) is 1.78. The molecule has 0 unspecified atom stereocenters. The van der Waals surface area contributed by atoms with Crippen LogP contribution in [-0.2, 0) is 26.2 Å². The summed E-state index contributed by atoms with van der Waals surface area (Å²) in [5.74, 6) is 0. The molecule has 0 bridgehead atoms. The van der Waals surface area contributed by atoms with Crippen molar-refractivity contribution in [2.75, 3.05) is 6.61 Å². The van der Waals surface area contributed by atoms with Gasteiger partial charge in [-0.2, -0.15) is 48.6 Å². The molecule has 103 valence electrons. The largest absolute Gasteiger partial charge is 3.00 e. The van der Waals surface area contributed by atoms with Crippen LogP contribution in [0.1, 0.15) is 19.8 Å². The summed E-state index contributed by atoms with van der Waals surface area (Å²) in [5, 5.41) is 7.57. The first-order valence-corrected chi connectivity index (χ1v) is 6.37. The molecule has 1 aromatic rings. The summed E-state index contributed by atoms with van der Waals surface area (Å²) in [6.45, 7) is 1.93. The number of aliphatic hydroxyl groups is 1. The zero-order valence-electron chi connectivity index (χ0n) is 11.9. The van der Waals surface area contributed by atoms with Gasteiger partial charge in [-0.1, -0.05) is 0 Å². The first-order chi connectivity index (χ1) is 9.41. The maximum Gasteiger partial charge on any atom is 3.00 e. The minimum absolute atomic E-state index is 0. The molecular formula is C18H21OZr. The minimum Gasteiger partial charge on any atom is -0.397 e. The smallest absolute Gasteiger partial charge is 0.397 e. The summed E-state index contributed by atoms with van der Waals surface area (Å²) < 4.78 is 0. The molecule has 3 rings (SSSR count). The molecule has 0 aromatic heterocycles. The van der Waals surface area contributed by atoms with Crippen LogP contribution in [0.15, 0.2) is 66.8 Å². The molecule has 1 aromatic carbocycles. The van der Waals surface area contributed by atoms with Gasteiger partial charge >= 0.3 is 26.2 Å². The number of benzene rings is 1. The molecule has 20 heavy (non-hydrogen) atoms. The van der Waals surface area contributed by atoms with Crippen LogP contribution in [0.2, 0.25) is 0 Å². The van der Waals surface area contributed by atoms with Gasteiger partial charge in [-0.25, -0.2) is 24.3 Å². The van der Waals surface area contributed by atoms with E-state index in [9.17, 15) is 0 Å². The van der Waals surface area contributed by atoms with E-state index in [1.54, 1.807) is 6.92 Å². The predicted octanol–water partition coefficient (Wildman–Crippen LogP) is 4.09. The molecule has 0 heterocycles. The van der Waals surface area contributed by atoms with Gasteiger partial charge in [-0.05, 0) is 6.92 Å². The van der Waals surface area contributed by atoms with E-state index in [-0.39, 0.29) is 32.8 Å². The zero-order chi connectivity index (χ0) is 14.0. The van der Waals surface area contributed by atoms with Crippen LogP contribution in [0.4, 0.5) is 0 Å². The Labute approximate surface area is 142 Å². The Hall–Kier alpha value is -0.977. The Morgan fingerprint density at radius 3 is 1.45 bits per heavy atom. The van der Waals surface area contributed by atoms with E-state index in [2.05, 4.69) is 30.4 Å². The SMILES string of the molecule is CCO.[C-]1=CC=CC1.[C-]1=CC=CC1.[Zr+3].[c-]1ccccc1. The summed E-state index contributed by atoms with van der Waals surface area (Å²) in [6.07, 6.45) is 20.0. The van der Waals surface area contributed by atoms with Crippen molar-refractivity contribution in [2.45, 2.75) is 19.8 Å². The topological polar surface area (TPSA) is 20.2 Å². The van der Waals surface area contributed by atoms with E-state index in [1.165, 1.54) is 0 Å². The van der Waals surface area contributed by atoms with Gasteiger partial charge in [0.1, 0.15) is 0 Å². The van der Waals surface area contributed by atoms with Gasteiger partial charge in [-0.15, -0.1) is 12.8 Å². The van der Waals surface area contributed by atoms with E-state index in [1.807, 2.05) is 54.6 Å².